The number of hydrogen-bond donors (Lipinski definition) is 1. The van der Waals surface area contributed by atoms with Gasteiger partial charge >= 0.3 is 0 Å². The number of nitrogens with zero attached hydrogens (tertiary/aromatic N) is 1. The summed E-state index contributed by atoms with van der Waals surface area (Å²) in [6.45, 7) is 6.39. The number of ether oxygens (including phenoxy) is 2. The molecule has 3 aromatic rings. The number of anilines is 1. The molecule has 0 radical (unpaired) electrons. The van der Waals surface area contributed by atoms with Crippen LogP contribution in [-0.2, 0) is 11.4 Å². The third kappa shape index (κ3) is 6.21. The summed E-state index contributed by atoms with van der Waals surface area (Å²) < 4.78 is 11.6. The standard InChI is InChI=1S/C25H26N2O3/c1-18(2)30-22-11-6-9-20(16-22)13-14-24(28)27-25-23(12-7-15-26-25)29-17-21-10-5-4-8-19(21)3/h4-16,18H,17H2,1-3H3,(H,26,27,28)/b14-13+. The fourth-order valence-electron chi connectivity index (χ4n) is 2.82. The van der Waals surface area contributed by atoms with Crippen molar-refractivity contribution >= 4 is 17.8 Å². The second-order valence-electron chi connectivity index (χ2n) is 7.13. The Kier molecular flexibility index (Phi) is 7.22. The summed E-state index contributed by atoms with van der Waals surface area (Å²) >= 11 is 0. The van der Waals surface area contributed by atoms with Gasteiger partial charge in [-0.15, -0.1) is 0 Å². The van der Waals surface area contributed by atoms with Crippen molar-refractivity contribution in [3.05, 3.63) is 89.6 Å². The van der Waals surface area contributed by atoms with Gasteiger partial charge in [0.15, 0.2) is 11.6 Å². The van der Waals surface area contributed by atoms with Crippen LogP contribution in [0.1, 0.15) is 30.5 Å². The van der Waals surface area contributed by atoms with Gasteiger partial charge in [0, 0.05) is 12.3 Å². The van der Waals surface area contributed by atoms with Gasteiger partial charge in [-0.25, -0.2) is 4.98 Å². The van der Waals surface area contributed by atoms with E-state index in [1.54, 1.807) is 24.4 Å². The lowest BCUT2D eigenvalue weighted by Gasteiger charge is -2.12. The molecule has 30 heavy (non-hydrogen) atoms. The fraction of sp³-hybridized carbons (Fsp3) is 0.200. The average Bonchev–Trinajstić information content (AvgIpc) is 2.72. The second kappa shape index (κ2) is 10.3. The third-order valence-electron chi connectivity index (χ3n) is 4.31. The zero-order valence-electron chi connectivity index (χ0n) is 17.5. The Bertz CT molecular complexity index is 1030. The van der Waals surface area contributed by atoms with E-state index in [0.29, 0.717) is 18.2 Å². The number of aromatic nitrogens is 1. The smallest absolute Gasteiger partial charge is 0.249 e. The minimum absolute atomic E-state index is 0.0924. The van der Waals surface area contributed by atoms with Gasteiger partial charge in [0.05, 0.1) is 6.10 Å². The molecule has 5 heteroatoms. The molecule has 1 N–H and O–H groups in total. The van der Waals surface area contributed by atoms with Crippen LogP contribution in [-0.4, -0.2) is 17.0 Å². The van der Waals surface area contributed by atoms with E-state index in [4.69, 9.17) is 9.47 Å². The highest BCUT2D eigenvalue weighted by atomic mass is 16.5. The zero-order valence-corrected chi connectivity index (χ0v) is 17.5. The zero-order chi connectivity index (χ0) is 21.3. The number of amides is 1. The summed E-state index contributed by atoms with van der Waals surface area (Å²) in [5.74, 6) is 1.39. The Morgan fingerprint density at radius 2 is 1.93 bits per heavy atom. The van der Waals surface area contributed by atoms with Crippen LogP contribution in [0.3, 0.4) is 0 Å². The molecule has 3 rings (SSSR count). The lowest BCUT2D eigenvalue weighted by atomic mass is 10.1. The van der Waals surface area contributed by atoms with Gasteiger partial charge in [0.25, 0.3) is 0 Å². The SMILES string of the molecule is Cc1ccccc1COc1cccnc1NC(=O)/C=C/c1cccc(OC(C)C)c1. The van der Waals surface area contributed by atoms with Crippen LogP contribution in [0.25, 0.3) is 6.08 Å². The Morgan fingerprint density at radius 1 is 1.10 bits per heavy atom. The van der Waals surface area contributed by atoms with Gasteiger partial charge < -0.3 is 14.8 Å². The van der Waals surface area contributed by atoms with Crippen molar-refractivity contribution in [1.29, 1.82) is 0 Å². The summed E-state index contributed by atoms with van der Waals surface area (Å²) in [6.07, 6.45) is 4.91. The number of pyridine rings is 1. The van der Waals surface area contributed by atoms with E-state index in [1.807, 2.05) is 69.3 Å². The monoisotopic (exact) mass is 402 g/mol. The summed E-state index contributed by atoms with van der Waals surface area (Å²) in [4.78, 5) is 16.6. The molecule has 0 aliphatic carbocycles. The minimum atomic E-state index is -0.287. The highest BCUT2D eigenvalue weighted by Crippen LogP contribution is 2.23. The lowest BCUT2D eigenvalue weighted by molar-refractivity contribution is -0.111. The first-order valence-electron chi connectivity index (χ1n) is 9.89. The number of aryl methyl sites for hydroxylation is 1. The Balaban J connectivity index is 1.64. The van der Waals surface area contributed by atoms with Gasteiger partial charge in [-0.3, -0.25) is 4.79 Å². The van der Waals surface area contributed by atoms with Crippen LogP contribution in [0.5, 0.6) is 11.5 Å². The fourth-order valence-corrected chi connectivity index (χ4v) is 2.82. The van der Waals surface area contributed by atoms with Gasteiger partial charge in [0.2, 0.25) is 5.91 Å². The van der Waals surface area contributed by atoms with Crippen molar-refractivity contribution < 1.29 is 14.3 Å². The molecule has 1 aromatic heterocycles. The molecule has 0 atom stereocenters. The quantitative estimate of drug-likeness (QED) is 0.512. The average molecular weight is 402 g/mol. The van der Waals surface area contributed by atoms with Crippen molar-refractivity contribution in [2.45, 2.75) is 33.5 Å². The molecule has 0 spiro atoms. The van der Waals surface area contributed by atoms with E-state index in [1.165, 1.54) is 6.08 Å². The van der Waals surface area contributed by atoms with Crippen molar-refractivity contribution in [1.82, 2.24) is 4.98 Å². The van der Waals surface area contributed by atoms with E-state index in [0.717, 1.165) is 22.4 Å². The molecule has 5 nitrogen and oxygen atoms in total. The normalized spacial score (nSPS) is 10.9. The summed E-state index contributed by atoms with van der Waals surface area (Å²) in [5, 5.41) is 2.79. The van der Waals surface area contributed by atoms with Crippen LogP contribution in [0, 0.1) is 6.92 Å². The van der Waals surface area contributed by atoms with Crippen molar-refractivity contribution in [2.75, 3.05) is 5.32 Å². The summed E-state index contributed by atoms with van der Waals surface area (Å²) in [5.41, 5.74) is 3.11. The highest BCUT2D eigenvalue weighted by Gasteiger charge is 2.08. The van der Waals surface area contributed by atoms with Crippen LogP contribution < -0.4 is 14.8 Å². The Labute approximate surface area is 177 Å². The third-order valence-corrected chi connectivity index (χ3v) is 4.31. The van der Waals surface area contributed by atoms with Gasteiger partial charge in [-0.1, -0.05) is 36.4 Å². The number of nitrogens with one attached hydrogen (secondary N) is 1. The molecule has 1 heterocycles. The molecule has 2 aromatic carbocycles. The molecular formula is C25H26N2O3. The number of carbonyl (C=O) groups is 1. The first-order valence-corrected chi connectivity index (χ1v) is 9.89. The minimum Gasteiger partial charge on any atom is -0.491 e. The maximum absolute atomic E-state index is 12.4. The number of hydrogen-bond acceptors (Lipinski definition) is 4. The topological polar surface area (TPSA) is 60.5 Å². The molecule has 0 aliphatic heterocycles. The Morgan fingerprint density at radius 3 is 2.73 bits per heavy atom. The van der Waals surface area contributed by atoms with Crippen molar-refractivity contribution in [2.24, 2.45) is 0 Å². The molecule has 0 bridgehead atoms. The molecule has 0 fully saturated rings. The molecule has 0 saturated heterocycles. The predicted molar refractivity (Wildman–Crippen MR) is 120 cm³/mol. The van der Waals surface area contributed by atoms with E-state index in [9.17, 15) is 4.79 Å². The summed E-state index contributed by atoms with van der Waals surface area (Å²) in [7, 11) is 0. The number of rotatable bonds is 8. The van der Waals surface area contributed by atoms with Crippen LogP contribution >= 0.6 is 0 Å². The van der Waals surface area contributed by atoms with Gasteiger partial charge in [-0.05, 0) is 67.8 Å². The first kappa shape index (κ1) is 21.1. The van der Waals surface area contributed by atoms with Gasteiger partial charge in [0.1, 0.15) is 12.4 Å². The second-order valence-corrected chi connectivity index (χ2v) is 7.13. The maximum atomic E-state index is 12.4. The van der Waals surface area contributed by atoms with E-state index in [2.05, 4.69) is 10.3 Å². The highest BCUT2D eigenvalue weighted by molar-refractivity contribution is 6.02. The molecule has 1 amide bonds. The van der Waals surface area contributed by atoms with Crippen LogP contribution in [0.2, 0.25) is 0 Å². The van der Waals surface area contributed by atoms with Gasteiger partial charge in [-0.2, -0.15) is 0 Å². The van der Waals surface area contributed by atoms with E-state index < -0.39 is 0 Å². The maximum Gasteiger partial charge on any atom is 0.249 e. The van der Waals surface area contributed by atoms with Crippen LogP contribution in [0.15, 0.2) is 72.9 Å². The van der Waals surface area contributed by atoms with Crippen molar-refractivity contribution in [3.8, 4) is 11.5 Å². The molecular weight excluding hydrogens is 376 g/mol. The number of benzene rings is 2. The van der Waals surface area contributed by atoms with E-state index >= 15 is 0 Å². The molecule has 0 unspecified atom stereocenters. The molecule has 154 valence electrons. The largest absolute Gasteiger partial charge is 0.491 e. The predicted octanol–water partition coefficient (Wildman–Crippen LogP) is 5.41. The van der Waals surface area contributed by atoms with Crippen molar-refractivity contribution in [3.63, 3.8) is 0 Å². The van der Waals surface area contributed by atoms with E-state index in [-0.39, 0.29) is 12.0 Å². The van der Waals surface area contributed by atoms with Crippen LogP contribution in [0.4, 0.5) is 5.82 Å². The Hall–Kier alpha value is -3.60. The summed E-state index contributed by atoms with van der Waals surface area (Å²) in [6, 6.07) is 19.2. The number of carbonyl (C=O) groups excluding carboxylic acids is 1. The molecule has 0 aliphatic rings. The molecule has 0 saturated carbocycles. The lowest BCUT2D eigenvalue weighted by Crippen LogP contribution is -2.11. The first-order chi connectivity index (χ1) is 14.5.